The normalized spacial score (nSPS) is 19.8. The van der Waals surface area contributed by atoms with Crippen LogP contribution in [0.2, 0.25) is 0 Å². The molecule has 0 N–H and O–H groups in total. The molecule has 2 fully saturated rings. The molecule has 1 saturated carbocycles. The summed E-state index contributed by atoms with van der Waals surface area (Å²) in [5, 5.41) is 0.615. The fraction of sp³-hybridized carbons (Fsp3) is 0.286. The molecule has 8 heteroatoms. The number of esters is 1. The predicted molar refractivity (Wildman–Crippen MR) is 162 cm³/mol. The van der Waals surface area contributed by atoms with Crippen LogP contribution in [-0.4, -0.2) is 42.3 Å². The topological polar surface area (TPSA) is 103 Å². The maximum Gasteiger partial charge on any atom is 0.339 e. The Balaban J connectivity index is 1.27. The van der Waals surface area contributed by atoms with E-state index in [0.717, 1.165) is 24.8 Å². The van der Waals surface area contributed by atoms with Crippen molar-refractivity contribution in [2.75, 3.05) is 18.6 Å². The lowest BCUT2D eigenvalue weighted by molar-refractivity contribution is -0.122. The van der Waals surface area contributed by atoms with Gasteiger partial charge in [0.15, 0.2) is 12.4 Å². The average Bonchev–Trinajstić information content (AvgIpc) is 3.27. The Kier molecular flexibility index (Phi) is 7.52. The number of methoxy groups -OCH3 is 1. The Bertz CT molecular complexity index is 1760. The van der Waals surface area contributed by atoms with Gasteiger partial charge in [0.2, 0.25) is 11.8 Å². The summed E-state index contributed by atoms with van der Waals surface area (Å²) in [4.78, 5) is 58.6. The molecule has 3 atom stereocenters. The van der Waals surface area contributed by atoms with Crippen molar-refractivity contribution >= 4 is 40.2 Å². The first-order valence-electron chi connectivity index (χ1n) is 14.5. The van der Waals surface area contributed by atoms with Gasteiger partial charge in [-0.3, -0.25) is 19.3 Å². The van der Waals surface area contributed by atoms with Gasteiger partial charge in [-0.1, -0.05) is 49.4 Å². The molecule has 2 aliphatic rings. The number of hydrogen-bond donors (Lipinski definition) is 0. The van der Waals surface area contributed by atoms with E-state index in [4.69, 9.17) is 14.5 Å². The molecule has 6 rings (SSSR count). The molecule has 3 aromatic carbocycles. The molecule has 1 aromatic heterocycles. The van der Waals surface area contributed by atoms with Crippen molar-refractivity contribution in [3.8, 4) is 17.0 Å². The Morgan fingerprint density at radius 1 is 0.930 bits per heavy atom. The summed E-state index contributed by atoms with van der Waals surface area (Å²) in [7, 11) is 1.52. The molecule has 1 aliphatic heterocycles. The fourth-order valence-electron chi connectivity index (χ4n) is 6.22. The van der Waals surface area contributed by atoms with Gasteiger partial charge in [-0.2, -0.15) is 0 Å². The standard InChI is InChI=1S/C35H32N2O6/c1-20-10-15-27-28(16-20)34(40)37(33(27)39)24-13-11-22(12-14-24)30-18-29(26-9-4-6-21(2)32(26)36-30)35(41)43-19-31(38)23-7-5-8-25(17-23)42-3/h4-9,11-14,17-18,20,27-28H,10,15-16,19H2,1-3H3. The predicted octanol–water partition coefficient (Wildman–Crippen LogP) is 6.18. The quantitative estimate of drug-likeness (QED) is 0.147. The van der Waals surface area contributed by atoms with Crippen molar-refractivity contribution in [2.45, 2.75) is 33.1 Å². The molecule has 2 amide bonds. The Morgan fingerprint density at radius 2 is 1.67 bits per heavy atom. The number of Topliss-reactive ketones (excluding diaryl/α,β-unsaturated/α-hetero) is 1. The highest BCUT2D eigenvalue weighted by molar-refractivity contribution is 6.22. The maximum atomic E-state index is 13.4. The van der Waals surface area contributed by atoms with Gasteiger partial charge in [0.25, 0.3) is 0 Å². The van der Waals surface area contributed by atoms with Crippen LogP contribution in [-0.2, 0) is 14.3 Å². The van der Waals surface area contributed by atoms with E-state index in [2.05, 4.69) is 6.92 Å². The molecule has 1 aliphatic carbocycles. The number of fused-ring (bicyclic) bond motifs is 2. The number of rotatable bonds is 7. The number of ether oxygens (including phenoxy) is 2. The van der Waals surface area contributed by atoms with Gasteiger partial charge in [0.05, 0.1) is 41.4 Å². The van der Waals surface area contributed by atoms with Gasteiger partial charge >= 0.3 is 5.97 Å². The molecule has 0 spiro atoms. The smallest absolute Gasteiger partial charge is 0.339 e. The van der Waals surface area contributed by atoms with Gasteiger partial charge in [0.1, 0.15) is 5.75 Å². The number of anilines is 1. The van der Waals surface area contributed by atoms with Crippen LogP contribution in [0.1, 0.15) is 52.5 Å². The van der Waals surface area contributed by atoms with Crippen molar-refractivity contribution in [1.29, 1.82) is 0 Å². The number of amides is 2. The molecule has 8 nitrogen and oxygen atoms in total. The second-order valence-electron chi connectivity index (χ2n) is 11.4. The number of pyridine rings is 1. The van der Waals surface area contributed by atoms with Crippen molar-refractivity contribution in [3.05, 3.63) is 89.5 Å². The number of para-hydroxylation sites is 1. The van der Waals surface area contributed by atoms with E-state index >= 15 is 0 Å². The number of carbonyl (C=O) groups is 4. The fourth-order valence-corrected chi connectivity index (χ4v) is 6.22. The SMILES string of the molecule is COc1cccc(C(=O)COC(=O)c2cc(-c3ccc(N4C(=O)C5CCC(C)CC5C4=O)cc3)nc3c(C)cccc23)c1. The number of aryl methyl sites for hydroxylation is 1. The molecule has 2 heterocycles. The molecule has 4 aromatic rings. The van der Waals surface area contributed by atoms with Crippen molar-refractivity contribution in [3.63, 3.8) is 0 Å². The van der Waals surface area contributed by atoms with Crippen molar-refractivity contribution in [1.82, 2.24) is 4.98 Å². The van der Waals surface area contributed by atoms with Crippen molar-refractivity contribution in [2.24, 2.45) is 17.8 Å². The highest BCUT2D eigenvalue weighted by Gasteiger charge is 2.49. The van der Waals surface area contributed by atoms with E-state index in [9.17, 15) is 19.2 Å². The summed E-state index contributed by atoms with van der Waals surface area (Å²) >= 11 is 0. The number of ketones is 1. The molecule has 218 valence electrons. The summed E-state index contributed by atoms with van der Waals surface area (Å²) < 4.78 is 10.7. The third-order valence-corrected chi connectivity index (χ3v) is 8.60. The van der Waals surface area contributed by atoms with Crippen LogP contribution in [0.5, 0.6) is 5.75 Å². The van der Waals surface area contributed by atoms with E-state index in [1.54, 1.807) is 60.7 Å². The zero-order chi connectivity index (χ0) is 30.2. The zero-order valence-corrected chi connectivity index (χ0v) is 24.3. The van der Waals surface area contributed by atoms with Gasteiger partial charge in [-0.05, 0) is 68.0 Å². The van der Waals surface area contributed by atoms with Crippen LogP contribution in [0.15, 0.2) is 72.8 Å². The van der Waals surface area contributed by atoms with Gasteiger partial charge in [-0.25, -0.2) is 9.78 Å². The molecule has 1 saturated heterocycles. The lowest BCUT2D eigenvalue weighted by atomic mass is 9.76. The first-order chi connectivity index (χ1) is 20.7. The van der Waals surface area contributed by atoms with E-state index < -0.39 is 12.6 Å². The minimum atomic E-state index is -0.641. The van der Waals surface area contributed by atoms with Crippen molar-refractivity contribution < 1.29 is 28.7 Å². The molecule has 0 radical (unpaired) electrons. The van der Waals surface area contributed by atoms with Crippen LogP contribution >= 0.6 is 0 Å². The zero-order valence-electron chi connectivity index (χ0n) is 24.3. The van der Waals surface area contributed by atoms with E-state index in [0.29, 0.717) is 45.1 Å². The number of benzene rings is 3. The minimum absolute atomic E-state index is 0.123. The first kappa shape index (κ1) is 28.3. The Hall–Kier alpha value is -4.85. The van der Waals surface area contributed by atoms with Gasteiger partial charge in [-0.15, -0.1) is 0 Å². The van der Waals surface area contributed by atoms with Crippen LogP contribution in [0.3, 0.4) is 0 Å². The molecule has 3 unspecified atom stereocenters. The van der Waals surface area contributed by atoms with Gasteiger partial charge in [0, 0.05) is 16.5 Å². The summed E-state index contributed by atoms with van der Waals surface area (Å²) in [6.45, 7) is 3.62. The summed E-state index contributed by atoms with van der Waals surface area (Å²) in [6.07, 6.45) is 2.45. The second-order valence-corrected chi connectivity index (χ2v) is 11.4. The first-order valence-corrected chi connectivity index (χ1v) is 14.5. The maximum absolute atomic E-state index is 13.4. The van der Waals surface area contributed by atoms with Crippen LogP contribution in [0.25, 0.3) is 22.2 Å². The van der Waals surface area contributed by atoms with Crippen LogP contribution in [0, 0.1) is 24.7 Å². The number of imide groups is 1. The third-order valence-electron chi connectivity index (χ3n) is 8.60. The molecule has 43 heavy (non-hydrogen) atoms. The molecular weight excluding hydrogens is 544 g/mol. The Labute approximate surface area is 249 Å². The van der Waals surface area contributed by atoms with Crippen LogP contribution < -0.4 is 9.64 Å². The van der Waals surface area contributed by atoms with E-state index in [1.807, 2.05) is 19.1 Å². The monoisotopic (exact) mass is 576 g/mol. The average molecular weight is 577 g/mol. The van der Waals surface area contributed by atoms with Gasteiger partial charge < -0.3 is 9.47 Å². The lowest BCUT2D eigenvalue weighted by Crippen LogP contribution is -2.30. The summed E-state index contributed by atoms with van der Waals surface area (Å²) in [5.41, 5.74) is 3.96. The minimum Gasteiger partial charge on any atom is -0.497 e. The number of hydrogen-bond acceptors (Lipinski definition) is 7. The molecule has 0 bridgehead atoms. The number of carbonyl (C=O) groups excluding carboxylic acids is 4. The van der Waals surface area contributed by atoms with E-state index in [-0.39, 0.29) is 35.0 Å². The van der Waals surface area contributed by atoms with Crippen LogP contribution in [0.4, 0.5) is 5.69 Å². The lowest BCUT2D eigenvalue weighted by Gasteiger charge is -2.25. The summed E-state index contributed by atoms with van der Waals surface area (Å²) in [5.74, 6) is -0.748. The Morgan fingerprint density at radius 3 is 2.44 bits per heavy atom. The highest BCUT2D eigenvalue weighted by Crippen LogP contribution is 2.42. The highest BCUT2D eigenvalue weighted by atomic mass is 16.5. The second kappa shape index (κ2) is 11.4. The third kappa shape index (κ3) is 5.29. The summed E-state index contributed by atoms with van der Waals surface area (Å²) in [6, 6.07) is 21.0. The number of aromatic nitrogens is 1. The molecular formula is C35H32N2O6. The number of nitrogens with zero attached hydrogens (tertiary/aromatic N) is 2. The largest absolute Gasteiger partial charge is 0.497 e. The van der Waals surface area contributed by atoms with E-state index in [1.165, 1.54) is 12.0 Å².